The average Bonchev–Trinajstić information content (AvgIpc) is 2.26. The summed E-state index contributed by atoms with van der Waals surface area (Å²) in [4.78, 5) is 169. The van der Waals surface area contributed by atoms with E-state index in [4.69, 9.17) is 21.7 Å². The van der Waals surface area contributed by atoms with Crippen LogP contribution in [-0.4, -0.2) is 217 Å². The summed E-state index contributed by atoms with van der Waals surface area (Å²) in [5, 5.41) is 92.6. The minimum Gasteiger partial charge on any atom is -0.504 e. The van der Waals surface area contributed by atoms with E-state index in [0.717, 1.165) is 0 Å². The summed E-state index contributed by atoms with van der Waals surface area (Å²) in [6.45, 7) is -2.25. The number of hydrogen-bond donors (Lipinski definition) is 19. The molecule has 0 radical (unpaired) electrons. The van der Waals surface area contributed by atoms with Crippen molar-refractivity contribution < 1.29 is 103 Å². The van der Waals surface area contributed by atoms with Crippen molar-refractivity contribution in [2.75, 3.05) is 39.3 Å². The standard InChI is InChI=1S/C48H69N15O20/c49-36(69)7-5-27(45(78)56-25(3-1-15-61(82)22-65)43(76)53-20-40(74)75)59-46(79)28(6-8-37(50)70)58-44(77)26(4-2-16-62(83)23-66)57-47(80)29-11-13-51-41(55-29)31(21-64)60-48(81)32-12-14-52-42-30(54-38(71)9-10-39(72)73)17-24-18-34(67)35(68)19-33(24)63(32)42/h17-19,22-23,25-29,31-33,52,64,67-68,82-83H,1-16,20-21H2,(H2,49,69)(H2,50,70)(H,51,55)(H,53,76)(H,54,71)(H,56,78)(H,57,80)(H,58,77)(H,59,79)(H,60,81)(H,72,73)(H,74,75)/p+1. The van der Waals surface area contributed by atoms with Crippen molar-refractivity contribution in [3.8, 4) is 0 Å². The molecule has 0 spiro atoms. The first kappa shape index (κ1) is 66.3. The van der Waals surface area contributed by atoms with Crippen LogP contribution < -0.4 is 64.2 Å². The largest absolute Gasteiger partial charge is 0.504 e. The van der Waals surface area contributed by atoms with E-state index in [2.05, 4.69) is 52.8 Å². The van der Waals surface area contributed by atoms with Gasteiger partial charge in [0.25, 0.3) is 5.91 Å². The number of aliphatic carboxylic acids is 2. The highest BCUT2D eigenvalue weighted by Gasteiger charge is 2.47. The third kappa shape index (κ3) is 20.7. The van der Waals surface area contributed by atoms with Gasteiger partial charge in [0, 0.05) is 63.5 Å². The number of amides is 11. The number of carboxylic acids is 2. The number of carbonyl (C=O) groups is 13. The maximum Gasteiger partial charge on any atom is 0.322 e. The molecule has 0 saturated carbocycles. The van der Waals surface area contributed by atoms with Gasteiger partial charge in [-0.25, -0.2) is 10.1 Å². The van der Waals surface area contributed by atoms with Crippen LogP contribution in [0.15, 0.2) is 51.8 Å². The van der Waals surface area contributed by atoms with Gasteiger partial charge >= 0.3 is 11.9 Å². The smallest absolute Gasteiger partial charge is 0.322 e. The molecule has 4 rings (SSSR count). The number of aliphatic hydroxyl groups excluding tert-OH is 3. The zero-order valence-electron chi connectivity index (χ0n) is 44.7. The lowest BCUT2D eigenvalue weighted by atomic mass is 9.90. The first-order valence-corrected chi connectivity index (χ1v) is 26.1. The van der Waals surface area contributed by atoms with E-state index in [-0.39, 0.29) is 111 Å². The highest BCUT2D eigenvalue weighted by molar-refractivity contribution is 5.99. The molecule has 0 aromatic carbocycles. The lowest BCUT2D eigenvalue weighted by Crippen LogP contribution is -3.21. The number of nitrogens with one attached hydrogen (secondary N) is 10. The fourth-order valence-corrected chi connectivity index (χ4v) is 9.04. The van der Waals surface area contributed by atoms with Gasteiger partial charge in [-0.1, -0.05) is 0 Å². The van der Waals surface area contributed by atoms with E-state index in [9.17, 15) is 88.1 Å². The molecule has 35 heteroatoms. The van der Waals surface area contributed by atoms with Crippen molar-refractivity contribution in [1.29, 1.82) is 0 Å². The number of nitrogens with zero attached hydrogens (tertiary/aromatic N) is 3. The van der Waals surface area contributed by atoms with E-state index in [1.165, 1.54) is 18.2 Å². The monoisotopic (exact) mass is 1180 g/mol. The SMILES string of the molecule is NC(=O)CCC(NC(=O)C(CCC(N)=O)NC(=O)C(CCCN(O)C=O)NC(=O)C1CCN=C(C(CO)NC(=O)C2CCNC3=C(NC(=O)CCC(=O)O)C=C4C=C(O)C(O)=CC4[NH+]32)N1)C(=O)NC(CCCN(O)C=O)C(=O)NCC(=O)O. The van der Waals surface area contributed by atoms with Crippen LogP contribution in [0.1, 0.15) is 77.0 Å². The Bertz CT molecular complexity index is 2640. The highest BCUT2D eigenvalue weighted by Crippen LogP contribution is 2.24. The first-order valence-electron chi connectivity index (χ1n) is 26.1. The lowest BCUT2D eigenvalue weighted by molar-refractivity contribution is -0.900. The van der Waals surface area contributed by atoms with Crippen LogP contribution in [0.5, 0.6) is 0 Å². The van der Waals surface area contributed by atoms with Crippen LogP contribution >= 0.6 is 0 Å². The molecule has 21 N–H and O–H groups in total. The van der Waals surface area contributed by atoms with Crippen molar-refractivity contribution in [3.05, 3.63) is 46.8 Å². The van der Waals surface area contributed by atoms with Crippen LogP contribution in [0, 0.1) is 0 Å². The first-order chi connectivity index (χ1) is 39.3. The van der Waals surface area contributed by atoms with E-state index < -0.39 is 170 Å². The van der Waals surface area contributed by atoms with Gasteiger partial charge in [0.15, 0.2) is 17.6 Å². The zero-order chi connectivity index (χ0) is 61.5. The fourth-order valence-electron chi connectivity index (χ4n) is 9.04. The van der Waals surface area contributed by atoms with Crippen LogP contribution in [0.2, 0.25) is 0 Å². The Labute approximate surface area is 471 Å². The second kappa shape index (κ2) is 32.3. The summed E-state index contributed by atoms with van der Waals surface area (Å²) in [7, 11) is 0. The molecule has 456 valence electrons. The molecule has 3 heterocycles. The number of carbonyl (C=O) groups excluding carboxylic acids is 11. The predicted molar refractivity (Wildman–Crippen MR) is 278 cm³/mol. The number of allylic oxidation sites excluding steroid dienone is 1. The Morgan fingerprint density at radius 2 is 1.25 bits per heavy atom. The molecule has 11 amide bonds. The van der Waals surface area contributed by atoms with Gasteiger partial charge in [-0.2, -0.15) is 0 Å². The summed E-state index contributed by atoms with van der Waals surface area (Å²) in [5.74, 6) is -12.0. The number of fused-ring (bicyclic) bond motifs is 3. The number of nitrogens with two attached hydrogens (primary N) is 2. The van der Waals surface area contributed by atoms with E-state index in [1.54, 1.807) is 0 Å². The molecule has 9 atom stereocenters. The van der Waals surface area contributed by atoms with Gasteiger partial charge in [-0.05, 0) is 57.1 Å². The van der Waals surface area contributed by atoms with Gasteiger partial charge < -0.3 is 84.9 Å². The number of quaternary nitrogens is 1. The Kier molecular flexibility index (Phi) is 25.8. The van der Waals surface area contributed by atoms with E-state index >= 15 is 0 Å². The third-order valence-electron chi connectivity index (χ3n) is 13.2. The normalized spacial score (nSPS) is 19.7. The number of rotatable bonds is 35. The van der Waals surface area contributed by atoms with Crippen molar-refractivity contribution in [2.24, 2.45) is 16.5 Å². The van der Waals surface area contributed by atoms with Gasteiger partial charge in [-0.3, -0.25) is 82.6 Å². The molecule has 0 bridgehead atoms. The highest BCUT2D eigenvalue weighted by atomic mass is 16.5. The molecule has 1 saturated heterocycles. The van der Waals surface area contributed by atoms with Gasteiger partial charge in [0.05, 0.1) is 13.0 Å². The van der Waals surface area contributed by atoms with E-state index in [1.807, 2.05) is 0 Å². The maximum atomic E-state index is 14.3. The topological polar surface area (TPSA) is 547 Å². The maximum absolute atomic E-state index is 14.3. The van der Waals surface area contributed by atoms with Gasteiger partial charge in [-0.15, -0.1) is 0 Å². The predicted octanol–water partition coefficient (Wildman–Crippen LogP) is -8.25. The Morgan fingerprint density at radius 1 is 0.699 bits per heavy atom. The lowest BCUT2D eigenvalue weighted by Gasteiger charge is -2.42. The zero-order valence-corrected chi connectivity index (χ0v) is 44.7. The number of amidine groups is 1. The molecule has 1 aliphatic carbocycles. The van der Waals surface area contributed by atoms with Gasteiger partial charge in [0.1, 0.15) is 60.4 Å². The molecular formula is C48H70N15O20+. The van der Waals surface area contributed by atoms with Crippen LogP contribution in [0.3, 0.4) is 0 Å². The molecule has 4 aliphatic rings. The summed E-state index contributed by atoms with van der Waals surface area (Å²) in [6.07, 6.45) is 0.367. The van der Waals surface area contributed by atoms with Crippen molar-refractivity contribution in [2.45, 2.75) is 125 Å². The second-order valence-corrected chi connectivity index (χ2v) is 19.3. The number of aliphatic hydroxyl groups is 3. The molecule has 35 nitrogen and oxygen atoms in total. The molecule has 9 unspecified atom stereocenters. The fraction of sp³-hybridized carbons (Fsp3) is 0.542. The minimum atomic E-state index is -1.74. The Hall–Kier alpha value is -9.22. The quantitative estimate of drug-likeness (QED) is 0.0159. The molecular weight excluding hydrogens is 1110 g/mol. The van der Waals surface area contributed by atoms with Crippen LogP contribution in [0.25, 0.3) is 0 Å². The molecule has 83 heavy (non-hydrogen) atoms. The van der Waals surface area contributed by atoms with Gasteiger partial charge in [0.2, 0.25) is 65.9 Å². The summed E-state index contributed by atoms with van der Waals surface area (Å²) in [6, 6.07) is -11.0. The Morgan fingerprint density at radius 3 is 1.77 bits per heavy atom. The van der Waals surface area contributed by atoms with Crippen LogP contribution in [-0.2, 0) is 62.3 Å². The molecule has 1 fully saturated rings. The molecule has 0 aromatic rings. The Balaban J connectivity index is 1.54. The van der Waals surface area contributed by atoms with Crippen LogP contribution in [0.4, 0.5) is 0 Å². The summed E-state index contributed by atoms with van der Waals surface area (Å²) >= 11 is 0. The third-order valence-corrected chi connectivity index (χ3v) is 13.2. The molecule has 0 aromatic heterocycles. The van der Waals surface area contributed by atoms with Crippen molar-refractivity contribution >= 4 is 83.8 Å². The molecule has 3 aliphatic heterocycles. The number of primary amides is 2. The van der Waals surface area contributed by atoms with Crippen molar-refractivity contribution in [1.82, 2.24) is 58.0 Å². The number of aliphatic imine (C=N–C) groups is 1. The van der Waals surface area contributed by atoms with Crippen molar-refractivity contribution in [3.63, 3.8) is 0 Å². The second-order valence-electron chi connectivity index (χ2n) is 19.3. The summed E-state index contributed by atoms with van der Waals surface area (Å²) in [5.41, 5.74) is 11.2. The number of hydrogen-bond acceptors (Lipinski definition) is 21. The number of carboxylic acid groups (broad SMARTS) is 2. The number of hydroxylamine groups is 4. The van der Waals surface area contributed by atoms with E-state index in [0.29, 0.717) is 10.5 Å². The minimum absolute atomic E-state index is 0.0290. The average molecular weight is 1180 g/mol. The summed E-state index contributed by atoms with van der Waals surface area (Å²) < 4.78 is 0.